The van der Waals surface area contributed by atoms with Crippen LogP contribution in [0.15, 0.2) is 18.2 Å². The van der Waals surface area contributed by atoms with Crippen LogP contribution in [0.25, 0.3) is 0 Å². The predicted octanol–water partition coefficient (Wildman–Crippen LogP) is 1.60. The summed E-state index contributed by atoms with van der Waals surface area (Å²) in [4.78, 5) is 27.2. The highest BCUT2D eigenvalue weighted by atomic mass is 16.5. The van der Waals surface area contributed by atoms with Crippen molar-refractivity contribution in [3.8, 4) is 11.5 Å². The van der Waals surface area contributed by atoms with Crippen molar-refractivity contribution in [2.75, 3.05) is 39.9 Å². The van der Waals surface area contributed by atoms with E-state index in [4.69, 9.17) is 14.6 Å². The standard InChI is InChI=1S/C19H26N2O5/c1-25-16-5-4-14(12-21-13-15(19(23)24)10-18(21)22)17(11-16)26-9-8-20-6-2-3-7-20/h4-5,11,15H,2-3,6-10,12-13H2,1H3,(H,23,24). The molecule has 1 N–H and O–H groups in total. The van der Waals surface area contributed by atoms with E-state index < -0.39 is 11.9 Å². The highest BCUT2D eigenvalue weighted by molar-refractivity contribution is 5.86. The van der Waals surface area contributed by atoms with Gasteiger partial charge in [-0.25, -0.2) is 0 Å². The van der Waals surface area contributed by atoms with E-state index in [-0.39, 0.29) is 18.9 Å². The number of carbonyl (C=O) groups excluding carboxylic acids is 1. The number of benzene rings is 1. The number of nitrogens with zero attached hydrogens (tertiary/aromatic N) is 2. The summed E-state index contributed by atoms with van der Waals surface area (Å²) in [6.45, 7) is 4.28. The SMILES string of the molecule is COc1ccc(CN2CC(C(=O)O)CC2=O)c(OCCN2CCCC2)c1. The summed E-state index contributed by atoms with van der Waals surface area (Å²) < 4.78 is 11.3. The van der Waals surface area contributed by atoms with Gasteiger partial charge in [0.15, 0.2) is 0 Å². The van der Waals surface area contributed by atoms with E-state index in [1.807, 2.05) is 18.2 Å². The molecule has 1 atom stereocenters. The van der Waals surface area contributed by atoms with Crippen LogP contribution in [0.5, 0.6) is 11.5 Å². The largest absolute Gasteiger partial charge is 0.497 e. The van der Waals surface area contributed by atoms with Crippen LogP contribution in [0.1, 0.15) is 24.8 Å². The van der Waals surface area contributed by atoms with Crippen molar-refractivity contribution in [1.82, 2.24) is 9.80 Å². The topological polar surface area (TPSA) is 79.3 Å². The Balaban J connectivity index is 1.65. The van der Waals surface area contributed by atoms with Gasteiger partial charge in [0.1, 0.15) is 18.1 Å². The first-order valence-electron chi connectivity index (χ1n) is 9.09. The third-order valence-electron chi connectivity index (χ3n) is 5.06. The summed E-state index contributed by atoms with van der Waals surface area (Å²) in [7, 11) is 1.60. The van der Waals surface area contributed by atoms with Crippen LogP contribution in [0, 0.1) is 5.92 Å². The minimum atomic E-state index is -0.919. The Bertz CT molecular complexity index is 657. The molecule has 0 saturated carbocycles. The van der Waals surface area contributed by atoms with E-state index in [1.165, 1.54) is 12.8 Å². The monoisotopic (exact) mass is 362 g/mol. The van der Waals surface area contributed by atoms with Gasteiger partial charge in [-0.3, -0.25) is 14.5 Å². The van der Waals surface area contributed by atoms with Gasteiger partial charge < -0.3 is 19.5 Å². The molecule has 7 nitrogen and oxygen atoms in total. The Hall–Kier alpha value is -2.28. The van der Waals surface area contributed by atoms with Gasteiger partial charge in [-0.1, -0.05) is 0 Å². The van der Waals surface area contributed by atoms with Crippen LogP contribution in [0.2, 0.25) is 0 Å². The number of aliphatic carboxylic acids is 1. The van der Waals surface area contributed by atoms with Crippen molar-refractivity contribution in [3.63, 3.8) is 0 Å². The molecule has 0 aliphatic carbocycles. The molecule has 0 spiro atoms. The Morgan fingerprint density at radius 1 is 1.31 bits per heavy atom. The van der Waals surface area contributed by atoms with Crippen LogP contribution < -0.4 is 9.47 Å². The second-order valence-corrected chi connectivity index (χ2v) is 6.88. The van der Waals surface area contributed by atoms with E-state index >= 15 is 0 Å². The number of rotatable bonds is 8. The van der Waals surface area contributed by atoms with Gasteiger partial charge in [-0.2, -0.15) is 0 Å². The molecule has 2 aliphatic heterocycles. The minimum absolute atomic E-state index is 0.0661. The molecule has 2 heterocycles. The van der Waals surface area contributed by atoms with Crippen molar-refractivity contribution < 1.29 is 24.2 Å². The molecule has 0 aromatic heterocycles. The Labute approximate surface area is 153 Å². The van der Waals surface area contributed by atoms with Gasteiger partial charge >= 0.3 is 5.97 Å². The summed E-state index contributed by atoms with van der Waals surface area (Å²) >= 11 is 0. The second-order valence-electron chi connectivity index (χ2n) is 6.88. The van der Waals surface area contributed by atoms with Crippen molar-refractivity contribution in [2.24, 2.45) is 5.92 Å². The Morgan fingerprint density at radius 3 is 2.73 bits per heavy atom. The molecule has 0 radical (unpaired) electrons. The van der Waals surface area contributed by atoms with Gasteiger partial charge in [0.05, 0.1) is 13.0 Å². The maximum atomic E-state index is 12.1. The molecule has 1 aromatic rings. The van der Waals surface area contributed by atoms with E-state index in [2.05, 4.69) is 4.90 Å². The minimum Gasteiger partial charge on any atom is -0.497 e. The summed E-state index contributed by atoms with van der Waals surface area (Å²) in [6.07, 6.45) is 2.55. The van der Waals surface area contributed by atoms with Crippen LogP contribution >= 0.6 is 0 Å². The maximum Gasteiger partial charge on any atom is 0.308 e. The molecule has 7 heteroatoms. The summed E-state index contributed by atoms with van der Waals surface area (Å²) in [5, 5.41) is 9.13. The number of carboxylic acid groups (broad SMARTS) is 1. The van der Waals surface area contributed by atoms with Crippen LogP contribution in [0.4, 0.5) is 0 Å². The molecular formula is C19H26N2O5. The number of methoxy groups -OCH3 is 1. The smallest absolute Gasteiger partial charge is 0.308 e. The molecule has 2 saturated heterocycles. The Kier molecular flexibility index (Phi) is 5.98. The first-order chi connectivity index (χ1) is 12.6. The number of carbonyl (C=O) groups is 2. The number of ether oxygens (including phenoxy) is 2. The normalized spacial score (nSPS) is 20.6. The highest BCUT2D eigenvalue weighted by Crippen LogP contribution is 2.28. The quantitative estimate of drug-likeness (QED) is 0.757. The third-order valence-corrected chi connectivity index (χ3v) is 5.06. The molecule has 3 rings (SSSR count). The molecule has 0 bridgehead atoms. The zero-order chi connectivity index (χ0) is 18.5. The predicted molar refractivity (Wildman–Crippen MR) is 95.3 cm³/mol. The molecule has 26 heavy (non-hydrogen) atoms. The van der Waals surface area contributed by atoms with Gasteiger partial charge in [0.25, 0.3) is 0 Å². The Morgan fingerprint density at radius 2 is 2.08 bits per heavy atom. The van der Waals surface area contributed by atoms with Gasteiger partial charge in [0.2, 0.25) is 5.91 Å². The fourth-order valence-corrected chi connectivity index (χ4v) is 3.51. The molecule has 142 valence electrons. The highest BCUT2D eigenvalue weighted by Gasteiger charge is 2.34. The molecular weight excluding hydrogens is 336 g/mol. The first-order valence-corrected chi connectivity index (χ1v) is 9.09. The number of carboxylic acids is 1. The molecule has 2 fully saturated rings. The van der Waals surface area contributed by atoms with Crippen LogP contribution in [-0.2, 0) is 16.1 Å². The van der Waals surface area contributed by atoms with Crippen LogP contribution in [-0.4, -0.2) is 66.7 Å². The lowest BCUT2D eigenvalue weighted by atomic mass is 10.1. The lowest BCUT2D eigenvalue weighted by molar-refractivity contribution is -0.141. The number of likely N-dealkylation sites (tertiary alicyclic amines) is 2. The fraction of sp³-hybridized carbons (Fsp3) is 0.579. The molecule has 1 unspecified atom stereocenters. The van der Waals surface area contributed by atoms with E-state index in [0.29, 0.717) is 24.7 Å². The maximum absolute atomic E-state index is 12.1. The second kappa shape index (κ2) is 8.40. The number of hydrogen-bond acceptors (Lipinski definition) is 5. The van der Waals surface area contributed by atoms with E-state index in [0.717, 1.165) is 25.2 Å². The van der Waals surface area contributed by atoms with Crippen molar-refractivity contribution in [2.45, 2.75) is 25.8 Å². The summed E-state index contributed by atoms with van der Waals surface area (Å²) in [5.41, 5.74) is 0.867. The molecule has 2 aliphatic rings. The number of amides is 1. The van der Waals surface area contributed by atoms with Crippen molar-refractivity contribution in [3.05, 3.63) is 23.8 Å². The third kappa shape index (κ3) is 4.46. The molecule has 1 aromatic carbocycles. The average Bonchev–Trinajstić information content (AvgIpc) is 3.26. The lowest BCUT2D eigenvalue weighted by Crippen LogP contribution is -2.27. The van der Waals surface area contributed by atoms with E-state index in [9.17, 15) is 9.59 Å². The van der Waals surface area contributed by atoms with Crippen molar-refractivity contribution in [1.29, 1.82) is 0 Å². The van der Waals surface area contributed by atoms with Gasteiger partial charge in [-0.15, -0.1) is 0 Å². The zero-order valence-electron chi connectivity index (χ0n) is 15.1. The first kappa shape index (κ1) is 18.5. The van der Waals surface area contributed by atoms with Gasteiger partial charge in [-0.05, 0) is 38.1 Å². The summed E-state index contributed by atoms with van der Waals surface area (Å²) in [5.74, 6) is -0.287. The summed E-state index contributed by atoms with van der Waals surface area (Å²) in [6, 6.07) is 5.54. The molecule has 1 amide bonds. The van der Waals surface area contributed by atoms with Gasteiger partial charge in [0, 0.05) is 37.7 Å². The van der Waals surface area contributed by atoms with E-state index in [1.54, 1.807) is 12.0 Å². The zero-order valence-corrected chi connectivity index (χ0v) is 15.1. The lowest BCUT2D eigenvalue weighted by Gasteiger charge is -2.20. The fourth-order valence-electron chi connectivity index (χ4n) is 3.51. The average molecular weight is 362 g/mol. The van der Waals surface area contributed by atoms with Crippen molar-refractivity contribution >= 4 is 11.9 Å². The number of hydrogen-bond donors (Lipinski definition) is 1. The van der Waals surface area contributed by atoms with Crippen LogP contribution in [0.3, 0.4) is 0 Å².